The van der Waals surface area contributed by atoms with Gasteiger partial charge in [0.25, 0.3) is 0 Å². The van der Waals surface area contributed by atoms with E-state index in [1.807, 2.05) is 14.0 Å². The Labute approximate surface area is 257 Å². The first-order valence-corrected chi connectivity index (χ1v) is 16.9. The van der Waals surface area contributed by atoms with Gasteiger partial charge in [0, 0.05) is 56.5 Å². The summed E-state index contributed by atoms with van der Waals surface area (Å²) in [4.78, 5) is 25.5. The minimum absolute atomic E-state index is 0.0323. The van der Waals surface area contributed by atoms with Crippen LogP contribution >= 0.6 is 7.14 Å². The third kappa shape index (κ3) is 6.66. The van der Waals surface area contributed by atoms with E-state index >= 15 is 0 Å². The van der Waals surface area contributed by atoms with Gasteiger partial charge in [0.05, 0.1) is 27.6 Å². The van der Waals surface area contributed by atoms with Crippen LogP contribution in [-0.4, -0.2) is 89.2 Å². The molecule has 5 aromatic rings. The van der Waals surface area contributed by atoms with Crippen molar-refractivity contribution in [3.63, 3.8) is 0 Å². The van der Waals surface area contributed by atoms with E-state index in [1.54, 1.807) is 62.3 Å². The van der Waals surface area contributed by atoms with Crippen LogP contribution < -0.4 is 25.6 Å². The van der Waals surface area contributed by atoms with E-state index in [9.17, 15) is 17.7 Å². The van der Waals surface area contributed by atoms with Crippen molar-refractivity contribution in [2.24, 2.45) is 0 Å². The van der Waals surface area contributed by atoms with Crippen molar-refractivity contribution < 1.29 is 22.5 Å². The maximum absolute atomic E-state index is 13.5. The van der Waals surface area contributed by atoms with E-state index in [-0.39, 0.29) is 11.7 Å². The van der Waals surface area contributed by atoms with Gasteiger partial charge in [0.1, 0.15) is 29.9 Å². The second kappa shape index (κ2) is 11.8. The fourth-order valence-electron chi connectivity index (χ4n) is 5.45. The molecule has 6 rings (SSSR count). The van der Waals surface area contributed by atoms with Gasteiger partial charge in [0.2, 0.25) is 5.95 Å². The Morgan fingerprint density at radius 2 is 1.76 bits per heavy atom. The van der Waals surface area contributed by atoms with Crippen molar-refractivity contribution in [2.75, 3.05) is 68.7 Å². The molecule has 0 radical (unpaired) electrons. The number of nitrogens with zero attached hydrogens (tertiary/aromatic N) is 6. The van der Waals surface area contributed by atoms with Crippen molar-refractivity contribution >= 4 is 63.3 Å². The standard InChI is InChI=1S/C30H33F3N9O2P/c1-18-15-22(24(44-17-30(31,32)33)16-23(18)42-13-11-41(2)12-14-42)38-29-39-27-19(7-8-36-27)28(40-29)37-21-6-5-20-25(35-10-9-34-20)26(21)45(3,4)43/h5-10,15-16H,11-14,17H2,1-4H3,(H3,36,37,38,39,40). The summed E-state index contributed by atoms with van der Waals surface area (Å²) in [5.41, 5.74) is 4.13. The van der Waals surface area contributed by atoms with Crippen molar-refractivity contribution in [2.45, 2.75) is 13.1 Å². The number of hydrogen-bond donors (Lipinski definition) is 3. The number of aromatic nitrogens is 5. The van der Waals surface area contributed by atoms with Crippen LogP contribution in [0.5, 0.6) is 5.75 Å². The molecule has 0 bridgehead atoms. The zero-order valence-electron chi connectivity index (χ0n) is 25.2. The van der Waals surface area contributed by atoms with Gasteiger partial charge in [-0.15, -0.1) is 0 Å². The van der Waals surface area contributed by atoms with Gasteiger partial charge in [-0.05, 0) is 57.1 Å². The van der Waals surface area contributed by atoms with Crippen molar-refractivity contribution in [1.29, 1.82) is 0 Å². The van der Waals surface area contributed by atoms with Gasteiger partial charge < -0.3 is 34.7 Å². The Morgan fingerprint density at radius 3 is 2.49 bits per heavy atom. The molecule has 0 saturated carbocycles. The Balaban J connectivity index is 1.39. The topological polar surface area (TPSA) is 124 Å². The first kappa shape index (κ1) is 30.6. The Hall–Kier alpha value is -4.42. The summed E-state index contributed by atoms with van der Waals surface area (Å²) < 4.78 is 58.6. The summed E-state index contributed by atoms with van der Waals surface area (Å²) in [7, 11) is -0.812. The quantitative estimate of drug-likeness (QED) is 0.184. The minimum Gasteiger partial charge on any atom is -0.482 e. The number of H-pyrrole nitrogens is 1. The van der Waals surface area contributed by atoms with Gasteiger partial charge >= 0.3 is 6.18 Å². The van der Waals surface area contributed by atoms with Crippen LogP contribution in [-0.2, 0) is 4.57 Å². The van der Waals surface area contributed by atoms with Crippen LogP contribution in [0, 0.1) is 6.92 Å². The fraction of sp³-hybridized carbons (Fsp3) is 0.333. The SMILES string of the molecule is Cc1cc(Nc2nc(Nc3ccc4nccnc4c3P(C)(C)=O)c3cc[nH]c3n2)c(OCC(F)(F)F)cc1N1CCN(C)CC1. The smallest absolute Gasteiger partial charge is 0.422 e. The number of benzene rings is 2. The molecule has 4 heterocycles. The molecule has 0 aliphatic carbocycles. The first-order valence-electron chi connectivity index (χ1n) is 14.3. The fourth-order valence-corrected chi connectivity index (χ4v) is 6.84. The van der Waals surface area contributed by atoms with Crippen LogP contribution in [0.3, 0.4) is 0 Å². The predicted molar refractivity (Wildman–Crippen MR) is 172 cm³/mol. The minimum atomic E-state index is -4.52. The molecule has 2 aromatic carbocycles. The molecular weight excluding hydrogens is 606 g/mol. The summed E-state index contributed by atoms with van der Waals surface area (Å²) in [5.74, 6) is 0.546. The second-order valence-corrected chi connectivity index (χ2v) is 14.6. The molecule has 0 atom stereocenters. The predicted octanol–water partition coefficient (Wildman–Crippen LogP) is 5.64. The maximum Gasteiger partial charge on any atom is 0.422 e. The zero-order valence-corrected chi connectivity index (χ0v) is 26.1. The molecule has 1 aliphatic rings. The number of piperazine rings is 1. The number of hydrogen-bond acceptors (Lipinski definition) is 10. The molecule has 45 heavy (non-hydrogen) atoms. The molecule has 15 heteroatoms. The van der Waals surface area contributed by atoms with E-state index in [4.69, 9.17) is 9.72 Å². The highest BCUT2D eigenvalue weighted by Crippen LogP contribution is 2.42. The van der Waals surface area contributed by atoms with E-state index in [0.717, 1.165) is 37.4 Å². The van der Waals surface area contributed by atoms with Crippen molar-refractivity contribution in [3.05, 3.63) is 54.5 Å². The molecule has 236 valence electrons. The molecule has 3 N–H and O–H groups in total. The Morgan fingerprint density at radius 1 is 1.00 bits per heavy atom. The summed E-state index contributed by atoms with van der Waals surface area (Å²) in [6, 6.07) is 8.76. The van der Waals surface area contributed by atoms with Crippen LogP contribution in [0.1, 0.15) is 5.56 Å². The molecule has 0 unspecified atom stereocenters. The molecule has 0 amide bonds. The average Bonchev–Trinajstić information content (AvgIpc) is 3.45. The van der Waals surface area contributed by atoms with Crippen LogP contribution in [0.15, 0.2) is 48.9 Å². The highest BCUT2D eigenvalue weighted by Gasteiger charge is 2.30. The highest BCUT2D eigenvalue weighted by atomic mass is 31.2. The molecule has 11 nitrogen and oxygen atoms in total. The number of aromatic amines is 1. The summed E-state index contributed by atoms with van der Waals surface area (Å²) >= 11 is 0. The largest absolute Gasteiger partial charge is 0.482 e. The monoisotopic (exact) mass is 639 g/mol. The molecule has 1 saturated heterocycles. The lowest BCUT2D eigenvalue weighted by molar-refractivity contribution is -0.153. The normalized spacial score (nSPS) is 14.7. The van der Waals surface area contributed by atoms with Crippen LogP contribution in [0.4, 0.5) is 42.0 Å². The number of anilines is 5. The lowest BCUT2D eigenvalue weighted by Gasteiger charge is -2.35. The Kier molecular flexibility index (Phi) is 8.04. The van der Waals surface area contributed by atoms with E-state index in [0.29, 0.717) is 44.6 Å². The Bertz CT molecular complexity index is 1920. The zero-order chi connectivity index (χ0) is 31.9. The van der Waals surface area contributed by atoms with Crippen LogP contribution in [0.2, 0.25) is 0 Å². The number of halogens is 3. The third-order valence-electron chi connectivity index (χ3n) is 7.60. The van der Waals surface area contributed by atoms with Crippen molar-refractivity contribution in [1.82, 2.24) is 29.8 Å². The summed E-state index contributed by atoms with van der Waals surface area (Å²) in [6.45, 7) is 6.97. The number of alkyl halides is 3. The van der Waals surface area contributed by atoms with E-state index < -0.39 is 19.9 Å². The number of fused-ring (bicyclic) bond motifs is 2. The van der Waals surface area contributed by atoms with E-state index in [1.165, 1.54) is 0 Å². The first-order chi connectivity index (χ1) is 21.4. The van der Waals surface area contributed by atoms with Gasteiger partial charge in [-0.25, -0.2) is 0 Å². The second-order valence-electron chi connectivity index (χ2n) is 11.5. The molecule has 0 spiro atoms. The third-order valence-corrected chi connectivity index (χ3v) is 9.13. The van der Waals surface area contributed by atoms with Gasteiger partial charge in [-0.3, -0.25) is 9.97 Å². The molecule has 3 aromatic heterocycles. The molecular formula is C30H33F3N9O2P. The lowest BCUT2D eigenvalue weighted by Crippen LogP contribution is -2.44. The summed E-state index contributed by atoms with van der Waals surface area (Å²) in [5, 5.41) is 7.59. The summed E-state index contributed by atoms with van der Waals surface area (Å²) in [6.07, 6.45) is 0.316. The van der Waals surface area contributed by atoms with Gasteiger partial charge in [-0.2, -0.15) is 23.1 Å². The highest BCUT2D eigenvalue weighted by molar-refractivity contribution is 7.71. The number of nitrogens with one attached hydrogen (secondary N) is 3. The lowest BCUT2D eigenvalue weighted by atomic mass is 10.1. The number of rotatable bonds is 8. The number of aryl methyl sites for hydroxylation is 1. The van der Waals surface area contributed by atoms with Crippen molar-refractivity contribution in [3.8, 4) is 5.75 Å². The van der Waals surface area contributed by atoms with E-state index in [2.05, 4.69) is 40.4 Å². The number of ether oxygens (including phenoxy) is 1. The van der Waals surface area contributed by atoms with Gasteiger partial charge in [0.15, 0.2) is 6.61 Å². The number of likely N-dealkylation sites (N-methyl/N-ethyl adjacent to an activating group) is 1. The molecule has 1 fully saturated rings. The van der Waals surface area contributed by atoms with Crippen LogP contribution in [0.25, 0.3) is 22.1 Å². The average molecular weight is 640 g/mol. The van der Waals surface area contributed by atoms with Gasteiger partial charge in [-0.1, -0.05) is 0 Å². The molecule has 1 aliphatic heterocycles. The maximum atomic E-state index is 13.5.